The quantitative estimate of drug-likeness (QED) is 0.341. The van der Waals surface area contributed by atoms with E-state index in [0.717, 1.165) is 43.4 Å². The third-order valence-electron chi connectivity index (χ3n) is 5.58. The van der Waals surface area contributed by atoms with Crippen LogP contribution in [0.1, 0.15) is 88.2 Å². The highest BCUT2D eigenvalue weighted by Gasteiger charge is 2.09. The Morgan fingerprint density at radius 3 is 2.26 bits per heavy atom. The molecule has 0 aromatic heterocycles. The SMILES string of the molecule is Cc1ccc(OCC(=O)ON=C2CCCCCCCCCCC(=O)OCCC2)cc1C. The van der Waals surface area contributed by atoms with Crippen LogP contribution in [0.4, 0.5) is 0 Å². The zero-order chi connectivity index (χ0) is 22.3. The maximum absolute atomic E-state index is 12.1. The lowest BCUT2D eigenvalue weighted by molar-refractivity contribution is -0.146. The minimum absolute atomic E-state index is 0.125. The van der Waals surface area contributed by atoms with Crippen LogP contribution < -0.4 is 4.74 Å². The molecule has 1 saturated heterocycles. The van der Waals surface area contributed by atoms with Crippen molar-refractivity contribution in [3.05, 3.63) is 29.3 Å². The van der Waals surface area contributed by atoms with Crippen LogP contribution in [0.2, 0.25) is 0 Å². The van der Waals surface area contributed by atoms with Crippen molar-refractivity contribution in [1.82, 2.24) is 0 Å². The fourth-order valence-corrected chi connectivity index (χ4v) is 3.50. The lowest BCUT2D eigenvalue weighted by atomic mass is 10.0. The van der Waals surface area contributed by atoms with Crippen molar-refractivity contribution < 1.29 is 23.9 Å². The molecule has 1 aliphatic heterocycles. The normalized spacial score (nSPS) is 18.9. The average molecular weight is 432 g/mol. The van der Waals surface area contributed by atoms with Crippen LogP contribution >= 0.6 is 0 Å². The number of carbonyl (C=O) groups is 2. The summed E-state index contributed by atoms with van der Waals surface area (Å²) in [6.07, 6.45) is 11.6. The van der Waals surface area contributed by atoms with Crippen LogP contribution in [0.3, 0.4) is 0 Å². The Hall–Kier alpha value is -2.37. The minimum atomic E-state index is -0.524. The molecule has 0 spiro atoms. The summed E-state index contributed by atoms with van der Waals surface area (Å²) in [5.74, 6) is -0.0102. The average Bonchev–Trinajstić information content (AvgIpc) is 2.75. The number of benzene rings is 1. The molecule has 6 heteroatoms. The Morgan fingerprint density at radius 2 is 1.55 bits per heavy atom. The van der Waals surface area contributed by atoms with Gasteiger partial charge in [-0.25, -0.2) is 4.79 Å². The van der Waals surface area contributed by atoms with Gasteiger partial charge in [0.15, 0.2) is 6.61 Å². The van der Waals surface area contributed by atoms with Gasteiger partial charge < -0.3 is 14.3 Å². The van der Waals surface area contributed by atoms with E-state index in [1.165, 1.54) is 31.2 Å². The molecule has 1 aromatic carbocycles. The first-order valence-corrected chi connectivity index (χ1v) is 11.7. The van der Waals surface area contributed by atoms with Gasteiger partial charge in [0.25, 0.3) is 0 Å². The van der Waals surface area contributed by atoms with E-state index in [1.54, 1.807) is 0 Å². The number of ether oxygens (including phenoxy) is 2. The zero-order valence-electron chi connectivity index (χ0n) is 19.1. The summed E-state index contributed by atoms with van der Waals surface area (Å²) >= 11 is 0. The van der Waals surface area contributed by atoms with Gasteiger partial charge in [-0.05, 0) is 69.2 Å². The highest BCUT2D eigenvalue weighted by Crippen LogP contribution is 2.17. The first-order valence-electron chi connectivity index (χ1n) is 11.7. The third kappa shape index (κ3) is 11.0. The van der Waals surface area contributed by atoms with Gasteiger partial charge in [-0.15, -0.1) is 0 Å². The van der Waals surface area contributed by atoms with E-state index in [1.807, 2.05) is 32.0 Å². The summed E-state index contributed by atoms with van der Waals surface area (Å²) in [6.45, 7) is 4.22. The monoisotopic (exact) mass is 431 g/mol. The summed E-state index contributed by atoms with van der Waals surface area (Å²) in [5, 5.41) is 4.10. The minimum Gasteiger partial charge on any atom is -0.482 e. The molecule has 172 valence electrons. The first kappa shape index (κ1) is 24.9. The van der Waals surface area contributed by atoms with E-state index in [0.29, 0.717) is 31.6 Å². The van der Waals surface area contributed by atoms with Crippen molar-refractivity contribution >= 4 is 17.7 Å². The van der Waals surface area contributed by atoms with Crippen LogP contribution in [-0.4, -0.2) is 30.9 Å². The number of nitrogens with zero attached hydrogens (tertiary/aromatic N) is 1. The molecule has 0 bridgehead atoms. The maximum atomic E-state index is 12.1. The van der Waals surface area contributed by atoms with Gasteiger partial charge in [-0.3, -0.25) is 4.79 Å². The second-order valence-corrected chi connectivity index (χ2v) is 8.31. The number of hydrogen-bond acceptors (Lipinski definition) is 6. The van der Waals surface area contributed by atoms with Gasteiger partial charge in [-0.2, -0.15) is 0 Å². The van der Waals surface area contributed by atoms with Gasteiger partial charge >= 0.3 is 11.9 Å². The molecule has 31 heavy (non-hydrogen) atoms. The zero-order valence-corrected chi connectivity index (χ0v) is 19.1. The van der Waals surface area contributed by atoms with Crippen molar-refractivity contribution in [2.75, 3.05) is 13.2 Å². The molecule has 1 aliphatic rings. The van der Waals surface area contributed by atoms with Crippen molar-refractivity contribution in [1.29, 1.82) is 0 Å². The molecule has 0 atom stereocenters. The molecular formula is C25H37NO5. The molecule has 1 fully saturated rings. The molecular weight excluding hydrogens is 394 g/mol. The standard InChI is InChI=1S/C25H37NO5/c1-20-15-16-23(18-21(20)2)30-19-25(28)31-26-22-12-9-7-5-3-4-6-8-10-14-24(27)29-17-11-13-22/h15-16,18H,3-14,17,19H2,1-2H3. The van der Waals surface area contributed by atoms with Crippen molar-refractivity contribution in [2.24, 2.45) is 5.16 Å². The molecule has 0 amide bonds. The van der Waals surface area contributed by atoms with Gasteiger partial charge in [-0.1, -0.05) is 49.7 Å². The summed E-state index contributed by atoms with van der Waals surface area (Å²) in [6, 6.07) is 5.70. The Labute approximate surface area is 186 Å². The number of oxime groups is 1. The van der Waals surface area contributed by atoms with E-state index in [9.17, 15) is 9.59 Å². The molecule has 0 unspecified atom stereocenters. The van der Waals surface area contributed by atoms with Gasteiger partial charge in [0.1, 0.15) is 5.75 Å². The van der Waals surface area contributed by atoms with Crippen molar-refractivity contribution in [2.45, 2.75) is 90.9 Å². The second kappa shape index (κ2) is 14.6. The number of hydrogen-bond donors (Lipinski definition) is 0. The summed E-state index contributed by atoms with van der Waals surface area (Å²) in [4.78, 5) is 28.9. The van der Waals surface area contributed by atoms with Crippen LogP contribution in [0.25, 0.3) is 0 Å². The summed E-state index contributed by atoms with van der Waals surface area (Å²) < 4.78 is 10.8. The van der Waals surface area contributed by atoms with Gasteiger partial charge in [0, 0.05) is 6.42 Å². The maximum Gasteiger partial charge on any atom is 0.372 e. The molecule has 6 nitrogen and oxygen atoms in total. The first-order chi connectivity index (χ1) is 15.0. The lowest BCUT2D eigenvalue weighted by Gasteiger charge is -2.09. The molecule has 0 aliphatic carbocycles. The molecule has 1 heterocycles. The fourth-order valence-electron chi connectivity index (χ4n) is 3.50. The van der Waals surface area contributed by atoms with Crippen LogP contribution in [-0.2, 0) is 19.2 Å². The van der Waals surface area contributed by atoms with E-state index in [4.69, 9.17) is 14.3 Å². The number of esters is 1. The number of rotatable bonds is 4. The Bertz CT molecular complexity index is 729. The molecule has 1 aromatic rings. The highest BCUT2D eigenvalue weighted by atomic mass is 16.7. The lowest BCUT2D eigenvalue weighted by Crippen LogP contribution is -2.14. The number of aryl methyl sites for hydroxylation is 2. The van der Waals surface area contributed by atoms with Crippen LogP contribution in [0.5, 0.6) is 5.75 Å². The van der Waals surface area contributed by atoms with Crippen LogP contribution in [0, 0.1) is 13.8 Å². The predicted octanol–water partition coefficient (Wildman–Crippen LogP) is 5.82. The van der Waals surface area contributed by atoms with E-state index in [-0.39, 0.29) is 12.6 Å². The van der Waals surface area contributed by atoms with Gasteiger partial charge in [0.05, 0.1) is 12.3 Å². The molecule has 2 rings (SSSR count). The van der Waals surface area contributed by atoms with E-state index < -0.39 is 5.97 Å². The van der Waals surface area contributed by atoms with Crippen LogP contribution in [0.15, 0.2) is 23.4 Å². The van der Waals surface area contributed by atoms with Crippen molar-refractivity contribution in [3.8, 4) is 5.75 Å². The largest absolute Gasteiger partial charge is 0.482 e. The second-order valence-electron chi connectivity index (χ2n) is 8.31. The smallest absolute Gasteiger partial charge is 0.372 e. The summed E-state index contributed by atoms with van der Waals surface area (Å²) in [7, 11) is 0. The van der Waals surface area contributed by atoms with E-state index in [2.05, 4.69) is 5.16 Å². The number of carbonyl (C=O) groups excluding carboxylic acids is 2. The van der Waals surface area contributed by atoms with Crippen molar-refractivity contribution in [3.63, 3.8) is 0 Å². The Kier molecular flexibility index (Phi) is 11.7. The molecule has 0 N–H and O–H groups in total. The highest BCUT2D eigenvalue weighted by molar-refractivity contribution is 5.85. The molecule has 0 saturated carbocycles. The Balaban J connectivity index is 1.81. The predicted molar refractivity (Wildman–Crippen MR) is 121 cm³/mol. The topological polar surface area (TPSA) is 74.2 Å². The third-order valence-corrected chi connectivity index (χ3v) is 5.58. The van der Waals surface area contributed by atoms with Gasteiger partial charge in [0.2, 0.25) is 0 Å². The fraction of sp³-hybridized carbons (Fsp3) is 0.640. The Morgan fingerprint density at radius 1 is 0.903 bits per heavy atom. The van der Waals surface area contributed by atoms with E-state index >= 15 is 0 Å². The number of cyclic esters (lactones) is 1. The summed E-state index contributed by atoms with van der Waals surface area (Å²) in [5.41, 5.74) is 3.12. The molecule has 0 radical (unpaired) electrons.